The van der Waals surface area contributed by atoms with Gasteiger partial charge in [0.25, 0.3) is 0 Å². The molecular weight excluding hydrogens is 623 g/mol. The largest absolute Gasteiger partial charge is 0.433 e. The summed E-state index contributed by atoms with van der Waals surface area (Å²) < 4.78 is 118. The number of Topliss-reactive ketones (excluding diaryl/α,β-unsaturated/α-hetero) is 1. The summed E-state index contributed by atoms with van der Waals surface area (Å²) in [7, 11) is 0. The second-order valence-electron chi connectivity index (χ2n) is 9.85. The number of benzene rings is 1. The van der Waals surface area contributed by atoms with Crippen LogP contribution >= 0.6 is 11.6 Å². The van der Waals surface area contributed by atoms with Crippen LogP contribution in [0.2, 0.25) is 5.02 Å². The number of alkyl halides is 9. The molecule has 0 saturated carbocycles. The van der Waals surface area contributed by atoms with Gasteiger partial charge in [-0.05, 0) is 37.1 Å². The van der Waals surface area contributed by atoms with Crippen molar-refractivity contribution in [2.45, 2.75) is 56.7 Å². The van der Waals surface area contributed by atoms with Crippen molar-refractivity contribution in [3.63, 3.8) is 0 Å². The highest BCUT2D eigenvalue weighted by atomic mass is 35.5. The first-order valence-corrected chi connectivity index (χ1v) is 13.0. The molecule has 0 fully saturated rings. The molecule has 3 N–H and O–H groups in total. The Kier molecular flexibility index (Phi) is 10.2. The van der Waals surface area contributed by atoms with E-state index in [2.05, 4.69) is 10.3 Å². The Morgan fingerprint density at radius 3 is 2.09 bits per heavy atom. The van der Waals surface area contributed by atoms with Gasteiger partial charge >= 0.3 is 18.5 Å². The average molecular weight is 647 g/mol. The monoisotopic (exact) mass is 646 g/mol. The zero-order valence-corrected chi connectivity index (χ0v) is 22.7. The van der Waals surface area contributed by atoms with Crippen molar-refractivity contribution in [3.05, 3.63) is 52.7 Å². The van der Waals surface area contributed by atoms with Crippen LogP contribution in [0.3, 0.4) is 0 Å². The summed E-state index contributed by atoms with van der Waals surface area (Å²) >= 11 is 6.26. The number of carbonyl (C=O) groups is 3. The van der Waals surface area contributed by atoms with Crippen molar-refractivity contribution < 1.29 is 53.9 Å². The lowest BCUT2D eigenvalue weighted by Gasteiger charge is -2.30. The molecule has 0 radical (unpaired) electrons. The third-order valence-electron chi connectivity index (χ3n) is 6.77. The van der Waals surface area contributed by atoms with Crippen LogP contribution in [0.25, 0.3) is 0 Å². The minimum atomic E-state index is -4.85. The van der Waals surface area contributed by atoms with Crippen molar-refractivity contribution in [3.8, 4) is 0 Å². The number of rotatable bonds is 9. The third kappa shape index (κ3) is 9.21. The molecule has 0 saturated heterocycles. The summed E-state index contributed by atoms with van der Waals surface area (Å²) in [5.41, 5.74) is 4.21. The summed E-state index contributed by atoms with van der Waals surface area (Å²) in [6, 6.07) is 5.57. The zero-order valence-electron chi connectivity index (χ0n) is 21.9. The molecule has 0 bridgehead atoms. The number of halogens is 10. The van der Waals surface area contributed by atoms with E-state index in [0.29, 0.717) is 6.07 Å². The first-order valence-electron chi connectivity index (χ1n) is 12.6. The lowest BCUT2D eigenvalue weighted by molar-refractivity contribution is -0.152. The SMILES string of the molecule is NC(=O)[C@@H](CCC(F)(F)F)[C@@H](CCC(F)(F)F)C(=O)N[C@H]1CN(c2cccc(C(F)(F)F)n2)c2cccc(Cl)c2CC1=O. The van der Waals surface area contributed by atoms with Gasteiger partial charge in [-0.15, -0.1) is 0 Å². The molecule has 0 unspecified atom stereocenters. The number of carbonyl (C=O) groups excluding carboxylic acids is 3. The predicted octanol–water partition coefficient (Wildman–Crippen LogP) is 5.90. The highest BCUT2D eigenvalue weighted by molar-refractivity contribution is 6.32. The predicted molar refractivity (Wildman–Crippen MR) is 135 cm³/mol. The van der Waals surface area contributed by atoms with Gasteiger partial charge in [0.15, 0.2) is 5.78 Å². The Morgan fingerprint density at radius 1 is 0.953 bits per heavy atom. The fourth-order valence-electron chi connectivity index (χ4n) is 4.70. The summed E-state index contributed by atoms with van der Waals surface area (Å²) in [6.45, 7) is -0.581. The van der Waals surface area contributed by atoms with Crippen LogP contribution in [0.1, 0.15) is 36.9 Å². The first-order chi connectivity index (χ1) is 19.8. The number of anilines is 2. The number of amides is 2. The number of hydrogen-bond donors (Lipinski definition) is 2. The number of nitrogens with two attached hydrogens (primary N) is 1. The van der Waals surface area contributed by atoms with Crippen molar-refractivity contribution in [2.24, 2.45) is 17.6 Å². The number of ketones is 1. The molecule has 1 aliphatic rings. The van der Waals surface area contributed by atoms with Crippen molar-refractivity contribution in [1.29, 1.82) is 0 Å². The van der Waals surface area contributed by atoms with E-state index in [4.69, 9.17) is 17.3 Å². The van der Waals surface area contributed by atoms with Crippen LogP contribution in [0.5, 0.6) is 0 Å². The number of hydrogen-bond acceptors (Lipinski definition) is 5. The van der Waals surface area contributed by atoms with Crippen molar-refractivity contribution in [2.75, 3.05) is 11.4 Å². The summed E-state index contributed by atoms with van der Waals surface area (Å²) in [4.78, 5) is 43.3. The Balaban J connectivity index is 2.00. The highest BCUT2D eigenvalue weighted by Crippen LogP contribution is 2.37. The van der Waals surface area contributed by atoms with Gasteiger partial charge in [-0.1, -0.05) is 23.7 Å². The van der Waals surface area contributed by atoms with Gasteiger partial charge < -0.3 is 16.0 Å². The van der Waals surface area contributed by atoms with Gasteiger partial charge in [0.2, 0.25) is 11.8 Å². The Morgan fingerprint density at radius 2 is 1.53 bits per heavy atom. The molecule has 3 rings (SSSR count). The van der Waals surface area contributed by atoms with E-state index in [1.165, 1.54) is 24.3 Å². The summed E-state index contributed by atoms with van der Waals surface area (Å²) in [5.74, 6) is -7.88. The van der Waals surface area contributed by atoms with Crippen LogP contribution in [-0.2, 0) is 27.0 Å². The van der Waals surface area contributed by atoms with E-state index in [9.17, 15) is 53.9 Å². The number of nitrogens with zero attached hydrogens (tertiary/aromatic N) is 2. The molecule has 1 aromatic carbocycles. The molecule has 0 spiro atoms. The second-order valence-corrected chi connectivity index (χ2v) is 10.3. The van der Waals surface area contributed by atoms with Gasteiger partial charge in [0.1, 0.15) is 17.6 Å². The lowest BCUT2D eigenvalue weighted by Crippen LogP contribution is -2.51. The van der Waals surface area contributed by atoms with E-state index < -0.39 is 98.3 Å². The quantitative estimate of drug-likeness (QED) is 0.330. The van der Waals surface area contributed by atoms with E-state index >= 15 is 0 Å². The topological polar surface area (TPSA) is 105 Å². The molecule has 2 aromatic rings. The Labute approximate surface area is 243 Å². The molecule has 1 aliphatic heterocycles. The summed E-state index contributed by atoms with van der Waals surface area (Å²) in [6.07, 6.45) is -20.5. The Bertz CT molecular complexity index is 1350. The molecule has 3 atom stereocenters. The van der Waals surface area contributed by atoms with Crippen LogP contribution in [0.15, 0.2) is 36.4 Å². The highest BCUT2D eigenvalue weighted by Gasteiger charge is 2.41. The standard InChI is InChI=1S/C26H24ClF9N4O3/c27-16-3-1-4-18-15(16)11-19(41)17(12-40(18)21-6-2-5-20(39-21)26(34,35)36)38-23(43)14(8-10-25(31,32)33)13(22(37)42)7-9-24(28,29)30/h1-6,13-14,17H,7-12H2,(H2,37,42)(H,38,43)/t13-,14+,17-/m0/s1. The molecular formula is C26H24ClF9N4O3. The fourth-order valence-corrected chi connectivity index (χ4v) is 4.94. The van der Waals surface area contributed by atoms with E-state index in [-0.39, 0.29) is 22.1 Å². The molecule has 17 heteroatoms. The Hall–Kier alpha value is -3.56. The normalized spacial score (nSPS) is 17.6. The van der Waals surface area contributed by atoms with Crippen LogP contribution in [0, 0.1) is 11.8 Å². The number of primary amides is 1. The second kappa shape index (κ2) is 13.0. The molecule has 1 aromatic heterocycles. The molecule has 236 valence electrons. The van der Waals surface area contributed by atoms with Crippen LogP contribution < -0.4 is 16.0 Å². The number of pyridine rings is 1. The lowest BCUT2D eigenvalue weighted by atomic mass is 9.83. The number of fused-ring (bicyclic) bond motifs is 1. The van der Waals surface area contributed by atoms with Crippen LogP contribution in [-0.4, -0.2) is 47.5 Å². The maximum Gasteiger partial charge on any atom is 0.433 e. The minimum Gasteiger partial charge on any atom is -0.369 e. The van der Waals surface area contributed by atoms with E-state index in [1.54, 1.807) is 0 Å². The van der Waals surface area contributed by atoms with Crippen molar-refractivity contribution >= 4 is 40.7 Å². The maximum absolute atomic E-state index is 13.4. The number of nitrogens with one attached hydrogen (secondary N) is 1. The molecule has 43 heavy (non-hydrogen) atoms. The van der Waals surface area contributed by atoms with E-state index in [0.717, 1.165) is 11.0 Å². The van der Waals surface area contributed by atoms with Crippen molar-refractivity contribution in [1.82, 2.24) is 10.3 Å². The average Bonchev–Trinajstić information content (AvgIpc) is 3.01. The van der Waals surface area contributed by atoms with Gasteiger partial charge in [0, 0.05) is 47.4 Å². The maximum atomic E-state index is 13.4. The van der Waals surface area contributed by atoms with Gasteiger partial charge in [-0.25, -0.2) is 4.98 Å². The molecule has 7 nitrogen and oxygen atoms in total. The first kappa shape index (κ1) is 33.9. The third-order valence-corrected chi connectivity index (χ3v) is 7.13. The van der Waals surface area contributed by atoms with Crippen LogP contribution in [0.4, 0.5) is 51.0 Å². The zero-order chi connectivity index (χ0) is 32.3. The molecule has 0 aliphatic carbocycles. The number of aromatic nitrogens is 1. The summed E-state index contributed by atoms with van der Waals surface area (Å²) in [5, 5.41) is 2.24. The smallest absolute Gasteiger partial charge is 0.369 e. The molecule has 2 amide bonds. The fraction of sp³-hybridized carbons (Fsp3) is 0.462. The minimum absolute atomic E-state index is 0.0406. The van der Waals surface area contributed by atoms with Gasteiger partial charge in [-0.2, -0.15) is 39.5 Å². The van der Waals surface area contributed by atoms with Gasteiger partial charge in [-0.3, -0.25) is 14.4 Å². The molecule has 2 heterocycles. The van der Waals surface area contributed by atoms with E-state index in [1.807, 2.05) is 0 Å². The van der Waals surface area contributed by atoms with Gasteiger partial charge in [0.05, 0.1) is 6.54 Å².